The van der Waals surface area contributed by atoms with Crippen LogP contribution in [-0.4, -0.2) is 39.4 Å². The standard InChI is InChI=1S/C17H34N4/c1-7-15(8-2)21-12-11-14(19-21)13-16(18)17(5,6)20(9-3)10-4/h11-12,15-16H,7-10,13,18H2,1-6H3. The average molecular weight is 294 g/mol. The fraction of sp³-hybridized carbons (Fsp3) is 0.824. The molecule has 0 radical (unpaired) electrons. The first-order valence-corrected chi connectivity index (χ1v) is 8.45. The van der Waals surface area contributed by atoms with Crippen molar-refractivity contribution in [2.24, 2.45) is 5.73 Å². The lowest BCUT2D eigenvalue weighted by Crippen LogP contribution is -2.56. The van der Waals surface area contributed by atoms with Crippen LogP contribution in [0.15, 0.2) is 12.3 Å². The van der Waals surface area contributed by atoms with E-state index in [0.717, 1.165) is 38.0 Å². The summed E-state index contributed by atoms with van der Waals surface area (Å²) >= 11 is 0. The van der Waals surface area contributed by atoms with Crippen LogP contribution < -0.4 is 5.73 Å². The first kappa shape index (κ1) is 18.2. The second-order valence-electron chi connectivity index (χ2n) is 6.39. The average Bonchev–Trinajstić information content (AvgIpc) is 2.89. The van der Waals surface area contributed by atoms with Gasteiger partial charge in [-0.05, 0) is 45.8 Å². The molecule has 4 heteroatoms. The molecular weight excluding hydrogens is 260 g/mol. The quantitative estimate of drug-likeness (QED) is 0.760. The van der Waals surface area contributed by atoms with Gasteiger partial charge in [-0.2, -0.15) is 5.10 Å². The van der Waals surface area contributed by atoms with Crippen LogP contribution in [0.1, 0.15) is 66.1 Å². The smallest absolute Gasteiger partial charge is 0.0640 e. The van der Waals surface area contributed by atoms with Gasteiger partial charge in [0.1, 0.15) is 0 Å². The van der Waals surface area contributed by atoms with E-state index in [1.165, 1.54) is 0 Å². The maximum absolute atomic E-state index is 6.49. The predicted octanol–water partition coefficient (Wildman–Crippen LogP) is 3.23. The molecule has 1 rings (SSSR count). The van der Waals surface area contributed by atoms with Gasteiger partial charge in [-0.1, -0.05) is 27.7 Å². The first-order chi connectivity index (χ1) is 9.90. The summed E-state index contributed by atoms with van der Waals surface area (Å²) in [5.41, 5.74) is 7.59. The molecule has 0 spiro atoms. The van der Waals surface area contributed by atoms with E-state index in [1.807, 2.05) is 0 Å². The molecule has 1 aromatic heterocycles. The largest absolute Gasteiger partial charge is 0.326 e. The fourth-order valence-electron chi connectivity index (χ4n) is 3.10. The number of likely N-dealkylation sites (N-methyl/N-ethyl adjacent to an activating group) is 1. The maximum Gasteiger partial charge on any atom is 0.0640 e. The fourth-order valence-corrected chi connectivity index (χ4v) is 3.10. The van der Waals surface area contributed by atoms with Crippen LogP contribution in [-0.2, 0) is 6.42 Å². The highest BCUT2D eigenvalue weighted by atomic mass is 15.3. The third-order valence-corrected chi connectivity index (χ3v) is 4.90. The summed E-state index contributed by atoms with van der Waals surface area (Å²) in [4.78, 5) is 2.43. The highest BCUT2D eigenvalue weighted by Gasteiger charge is 2.31. The second kappa shape index (κ2) is 7.95. The Kier molecular flexibility index (Phi) is 6.88. The van der Waals surface area contributed by atoms with Gasteiger partial charge in [0, 0.05) is 24.2 Å². The molecule has 0 amide bonds. The molecule has 0 saturated heterocycles. The molecule has 0 fully saturated rings. The molecule has 1 atom stereocenters. The Balaban J connectivity index is 2.77. The van der Waals surface area contributed by atoms with E-state index in [2.05, 4.69) is 63.4 Å². The molecule has 0 saturated carbocycles. The lowest BCUT2D eigenvalue weighted by molar-refractivity contribution is 0.106. The van der Waals surface area contributed by atoms with Gasteiger partial charge in [-0.3, -0.25) is 9.58 Å². The topological polar surface area (TPSA) is 47.1 Å². The second-order valence-corrected chi connectivity index (χ2v) is 6.39. The van der Waals surface area contributed by atoms with Crippen molar-refractivity contribution in [3.63, 3.8) is 0 Å². The third kappa shape index (κ3) is 4.30. The van der Waals surface area contributed by atoms with Crippen LogP contribution in [0.3, 0.4) is 0 Å². The zero-order chi connectivity index (χ0) is 16.0. The minimum Gasteiger partial charge on any atom is -0.326 e. The Morgan fingerprint density at radius 1 is 1.19 bits per heavy atom. The SMILES string of the molecule is CCC(CC)n1ccc(CC(N)C(C)(C)N(CC)CC)n1. The van der Waals surface area contributed by atoms with Crippen molar-refractivity contribution in [2.75, 3.05) is 13.1 Å². The normalized spacial score (nSPS) is 14.1. The molecule has 0 aromatic carbocycles. The zero-order valence-corrected chi connectivity index (χ0v) is 14.8. The zero-order valence-electron chi connectivity index (χ0n) is 14.8. The summed E-state index contributed by atoms with van der Waals surface area (Å²) < 4.78 is 2.10. The van der Waals surface area contributed by atoms with Crippen molar-refractivity contribution >= 4 is 0 Å². The van der Waals surface area contributed by atoms with Gasteiger partial charge in [0.2, 0.25) is 0 Å². The van der Waals surface area contributed by atoms with Crippen molar-refractivity contribution < 1.29 is 0 Å². The van der Waals surface area contributed by atoms with Crippen molar-refractivity contribution in [1.29, 1.82) is 0 Å². The van der Waals surface area contributed by atoms with Crippen LogP contribution in [0, 0.1) is 0 Å². The van der Waals surface area contributed by atoms with Gasteiger partial charge < -0.3 is 5.73 Å². The molecule has 2 N–H and O–H groups in total. The lowest BCUT2D eigenvalue weighted by atomic mass is 9.89. The number of nitrogens with zero attached hydrogens (tertiary/aromatic N) is 3. The van der Waals surface area contributed by atoms with Gasteiger partial charge >= 0.3 is 0 Å². The molecule has 0 aliphatic heterocycles. The lowest BCUT2D eigenvalue weighted by Gasteiger charge is -2.41. The summed E-state index contributed by atoms with van der Waals surface area (Å²) in [5.74, 6) is 0. The third-order valence-electron chi connectivity index (χ3n) is 4.90. The Hall–Kier alpha value is -0.870. The summed E-state index contributed by atoms with van der Waals surface area (Å²) in [7, 11) is 0. The first-order valence-electron chi connectivity index (χ1n) is 8.45. The van der Waals surface area contributed by atoms with Crippen LogP contribution in [0.2, 0.25) is 0 Å². The molecule has 4 nitrogen and oxygen atoms in total. The summed E-state index contributed by atoms with van der Waals surface area (Å²) in [6.07, 6.45) is 5.17. The Bertz CT molecular complexity index is 403. The molecule has 0 aliphatic rings. The van der Waals surface area contributed by atoms with Crippen LogP contribution in [0.5, 0.6) is 0 Å². The van der Waals surface area contributed by atoms with E-state index >= 15 is 0 Å². The number of aromatic nitrogens is 2. The monoisotopic (exact) mass is 294 g/mol. The van der Waals surface area contributed by atoms with E-state index in [9.17, 15) is 0 Å². The van der Waals surface area contributed by atoms with Crippen molar-refractivity contribution in [3.8, 4) is 0 Å². The van der Waals surface area contributed by atoms with Gasteiger partial charge in [-0.15, -0.1) is 0 Å². The van der Waals surface area contributed by atoms with Crippen LogP contribution in [0.25, 0.3) is 0 Å². The van der Waals surface area contributed by atoms with Gasteiger partial charge in [-0.25, -0.2) is 0 Å². The Labute approximate surface area is 130 Å². The highest BCUT2D eigenvalue weighted by molar-refractivity contribution is 5.06. The molecule has 21 heavy (non-hydrogen) atoms. The molecule has 122 valence electrons. The Morgan fingerprint density at radius 2 is 1.76 bits per heavy atom. The van der Waals surface area contributed by atoms with Gasteiger partial charge in [0.15, 0.2) is 0 Å². The molecule has 1 unspecified atom stereocenters. The van der Waals surface area contributed by atoms with E-state index in [-0.39, 0.29) is 11.6 Å². The van der Waals surface area contributed by atoms with E-state index < -0.39 is 0 Å². The van der Waals surface area contributed by atoms with E-state index in [1.54, 1.807) is 0 Å². The van der Waals surface area contributed by atoms with Gasteiger partial charge in [0.25, 0.3) is 0 Å². The minimum absolute atomic E-state index is 0.0117. The van der Waals surface area contributed by atoms with Crippen molar-refractivity contribution in [3.05, 3.63) is 18.0 Å². The number of nitrogens with two attached hydrogens (primary N) is 1. The summed E-state index contributed by atoms with van der Waals surface area (Å²) in [6.45, 7) is 15.3. The molecule has 1 aromatic rings. The molecule has 0 bridgehead atoms. The number of hydrogen-bond acceptors (Lipinski definition) is 3. The molecule has 1 heterocycles. The van der Waals surface area contributed by atoms with Crippen molar-refractivity contribution in [1.82, 2.24) is 14.7 Å². The van der Waals surface area contributed by atoms with Crippen LogP contribution >= 0.6 is 0 Å². The maximum atomic E-state index is 6.49. The molecular formula is C17H34N4. The highest BCUT2D eigenvalue weighted by Crippen LogP contribution is 2.21. The minimum atomic E-state index is -0.0117. The van der Waals surface area contributed by atoms with E-state index in [0.29, 0.717) is 6.04 Å². The van der Waals surface area contributed by atoms with E-state index in [4.69, 9.17) is 10.8 Å². The number of hydrogen-bond donors (Lipinski definition) is 1. The molecule has 0 aliphatic carbocycles. The predicted molar refractivity (Wildman–Crippen MR) is 90.5 cm³/mol. The summed E-state index contributed by atoms with van der Waals surface area (Å²) in [5, 5.41) is 4.73. The summed E-state index contributed by atoms with van der Waals surface area (Å²) in [6, 6.07) is 2.71. The van der Waals surface area contributed by atoms with Gasteiger partial charge in [0.05, 0.1) is 11.7 Å². The van der Waals surface area contributed by atoms with Crippen LogP contribution in [0.4, 0.5) is 0 Å². The Morgan fingerprint density at radius 3 is 2.24 bits per heavy atom. The van der Waals surface area contributed by atoms with Crippen molar-refractivity contribution in [2.45, 2.75) is 78.4 Å². The number of rotatable bonds is 9.